The van der Waals surface area contributed by atoms with Crippen LogP contribution in [0.15, 0.2) is 0 Å². The van der Waals surface area contributed by atoms with Gasteiger partial charge in [0.05, 0.1) is 25.2 Å². The molecule has 2 rings (SSSR count). The molecule has 20 heavy (non-hydrogen) atoms. The van der Waals surface area contributed by atoms with Crippen molar-refractivity contribution in [2.45, 2.75) is 19.4 Å². The van der Waals surface area contributed by atoms with Gasteiger partial charge in [-0.05, 0) is 13.3 Å². The second kappa shape index (κ2) is 7.93. The quantitative estimate of drug-likeness (QED) is 0.717. The van der Waals surface area contributed by atoms with E-state index in [1.807, 2.05) is 11.8 Å². The maximum Gasteiger partial charge on any atom is 0.228 e. The van der Waals surface area contributed by atoms with E-state index in [0.717, 1.165) is 32.6 Å². The van der Waals surface area contributed by atoms with Crippen molar-refractivity contribution in [2.24, 2.45) is 5.92 Å². The standard InChI is InChI=1S/C14H26N2O4/c1-2-19-11-13(17)9-15-4-6-16(7-5-15)14(18)12-3-8-20-10-12/h12-13,17H,2-11H2,1H3/t12-,13-/m1/s1. The summed E-state index contributed by atoms with van der Waals surface area (Å²) in [6.07, 6.45) is 0.409. The highest BCUT2D eigenvalue weighted by atomic mass is 16.5. The van der Waals surface area contributed by atoms with Crippen molar-refractivity contribution in [3.05, 3.63) is 0 Å². The molecular weight excluding hydrogens is 260 g/mol. The fourth-order valence-electron chi connectivity index (χ4n) is 2.74. The van der Waals surface area contributed by atoms with Gasteiger partial charge < -0.3 is 19.5 Å². The van der Waals surface area contributed by atoms with Gasteiger partial charge in [0, 0.05) is 45.9 Å². The topological polar surface area (TPSA) is 62.2 Å². The third-order valence-electron chi connectivity index (χ3n) is 3.95. The van der Waals surface area contributed by atoms with Gasteiger partial charge in [-0.15, -0.1) is 0 Å². The van der Waals surface area contributed by atoms with Crippen molar-refractivity contribution in [3.8, 4) is 0 Å². The van der Waals surface area contributed by atoms with Gasteiger partial charge in [-0.2, -0.15) is 0 Å². The van der Waals surface area contributed by atoms with Gasteiger partial charge >= 0.3 is 0 Å². The number of carbonyl (C=O) groups excluding carboxylic acids is 1. The van der Waals surface area contributed by atoms with Crippen molar-refractivity contribution < 1.29 is 19.4 Å². The van der Waals surface area contributed by atoms with Gasteiger partial charge in [0.25, 0.3) is 0 Å². The first-order valence-electron chi connectivity index (χ1n) is 7.55. The third kappa shape index (κ3) is 4.41. The molecule has 2 aliphatic heterocycles. The van der Waals surface area contributed by atoms with E-state index in [-0.39, 0.29) is 11.8 Å². The summed E-state index contributed by atoms with van der Waals surface area (Å²) in [7, 11) is 0. The number of aliphatic hydroxyl groups is 1. The minimum absolute atomic E-state index is 0.0603. The lowest BCUT2D eigenvalue weighted by Crippen LogP contribution is -2.52. The summed E-state index contributed by atoms with van der Waals surface area (Å²) in [6, 6.07) is 0. The minimum Gasteiger partial charge on any atom is -0.389 e. The van der Waals surface area contributed by atoms with E-state index in [9.17, 15) is 9.90 Å². The molecule has 0 unspecified atom stereocenters. The maximum atomic E-state index is 12.2. The fourth-order valence-corrected chi connectivity index (χ4v) is 2.74. The van der Waals surface area contributed by atoms with Crippen LogP contribution in [0.1, 0.15) is 13.3 Å². The van der Waals surface area contributed by atoms with Gasteiger partial charge in [0.1, 0.15) is 0 Å². The molecule has 0 bridgehead atoms. The van der Waals surface area contributed by atoms with Crippen molar-refractivity contribution in [2.75, 3.05) is 59.2 Å². The molecular formula is C14H26N2O4. The molecule has 0 aromatic heterocycles. The lowest BCUT2D eigenvalue weighted by molar-refractivity contribution is -0.137. The van der Waals surface area contributed by atoms with Crippen molar-refractivity contribution in [3.63, 3.8) is 0 Å². The van der Waals surface area contributed by atoms with Gasteiger partial charge in [0.2, 0.25) is 5.91 Å². The molecule has 6 heteroatoms. The van der Waals surface area contributed by atoms with E-state index in [1.165, 1.54) is 0 Å². The molecule has 2 saturated heterocycles. The largest absolute Gasteiger partial charge is 0.389 e. The Bertz CT molecular complexity index is 300. The number of ether oxygens (including phenoxy) is 2. The van der Waals surface area contributed by atoms with Crippen molar-refractivity contribution in [1.82, 2.24) is 9.80 Å². The lowest BCUT2D eigenvalue weighted by atomic mass is 10.1. The number of piperazine rings is 1. The summed E-state index contributed by atoms with van der Waals surface area (Å²) in [5.74, 6) is 0.294. The van der Waals surface area contributed by atoms with E-state index >= 15 is 0 Å². The normalized spacial score (nSPS) is 25.9. The summed E-state index contributed by atoms with van der Waals surface area (Å²) in [5, 5.41) is 9.82. The van der Waals surface area contributed by atoms with Gasteiger partial charge in [-0.3, -0.25) is 9.69 Å². The lowest BCUT2D eigenvalue weighted by Gasteiger charge is -2.36. The Morgan fingerprint density at radius 1 is 1.40 bits per heavy atom. The zero-order valence-corrected chi connectivity index (χ0v) is 12.3. The highest BCUT2D eigenvalue weighted by Gasteiger charge is 2.30. The Labute approximate surface area is 120 Å². The molecule has 0 aromatic rings. The highest BCUT2D eigenvalue weighted by molar-refractivity contribution is 5.79. The second-order valence-electron chi connectivity index (χ2n) is 5.50. The Hall–Kier alpha value is -0.690. The molecule has 6 nitrogen and oxygen atoms in total. The maximum absolute atomic E-state index is 12.2. The summed E-state index contributed by atoms with van der Waals surface area (Å²) in [4.78, 5) is 16.4. The molecule has 2 atom stereocenters. The van der Waals surface area contributed by atoms with Gasteiger partial charge in [-0.25, -0.2) is 0 Å². The monoisotopic (exact) mass is 286 g/mol. The Morgan fingerprint density at radius 2 is 2.15 bits per heavy atom. The Kier molecular flexibility index (Phi) is 6.22. The van der Waals surface area contributed by atoms with Crippen molar-refractivity contribution in [1.29, 1.82) is 0 Å². The molecule has 0 aliphatic carbocycles. The van der Waals surface area contributed by atoms with Crippen LogP contribution in [0.25, 0.3) is 0 Å². The molecule has 0 aromatic carbocycles. The number of nitrogens with zero attached hydrogens (tertiary/aromatic N) is 2. The van der Waals surface area contributed by atoms with Crippen LogP contribution in [0.3, 0.4) is 0 Å². The van der Waals surface area contributed by atoms with Crippen LogP contribution < -0.4 is 0 Å². The zero-order chi connectivity index (χ0) is 14.4. The first kappa shape index (κ1) is 15.7. The zero-order valence-electron chi connectivity index (χ0n) is 12.3. The number of β-amino-alcohol motifs (C(OH)–C–C–N with tert-alkyl or cyclic N) is 1. The van der Waals surface area contributed by atoms with E-state index in [1.54, 1.807) is 0 Å². The SMILES string of the molecule is CCOC[C@H](O)CN1CCN(C(=O)[C@@H]2CCOC2)CC1. The minimum atomic E-state index is -0.444. The smallest absolute Gasteiger partial charge is 0.228 e. The van der Waals surface area contributed by atoms with Crippen LogP contribution >= 0.6 is 0 Å². The summed E-state index contributed by atoms with van der Waals surface area (Å²) < 4.78 is 10.5. The van der Waals surface area contributed by atoms with E-state index in [0.29, 0.717) is 33.0 Å². The van der Waals surface area contributed by atoms with E-state index < -0.39 is 6.10 Å². The molecule has 1 amide bonds. The summed E-state index contributed by atoms with van der Waals surface area (Å²) in [5.41, 5.74) is 0. The first-order chi connectivity index (χ1) is 9.70. The number of carbonyl (C=O) groups is 1. The number of hydrogen-bond acceptors (Lipinski definition) is 5. The predicted molar refractivity (Wildman–Crippen MR) is 74.4 cm³/mol. The molecule has 0 saturated carbocycles. The van der Waals surface area contributed by atoms with Crippen LogP contribution in [0.2, 0.25) is 0 Å². The van der Waals surface area contributed by atoms with Crippen LogP contribution in [-0.4, -0.2) is 86.1 Å². The van der Waals surface area contributed by atoms with Crippen LogP contribution in [0.5, 0.6) is 0 Å². The first-order valence-corrected chi connectivity index (χ1v) is 7.55. The van der Waals surface area contributed by atoms with Crippen LogP contribution in [0.4, 0.5) is 0 Å². The average molecular weight is 286 g/mol. The summed E-state index contributed by atoms with van der Waals surface area (Å²) in [6.45, 7) is 7.97. The van der Waals surface area contributed by atoms with Gasteiger partial charge in [-0.1, -0.05) is 0 Å². The molecule has 2 aliphatic rings. The summed E-state index contributed by atoms with van der Waals surface area (Å²) >= 11 is 0. The molecule has 1 N–H and O–H groups in total. The van der Waals surface area contributed by atoms with Gasteiger partial charge in [0.15, 0.2) is 0 Å². The fraction of sp³-hybridized carbons (Fsp3) is 0.929. The number of amides is 1. The average Bonchev–Trinajstić information content (AvgIpc) is 2.99. The molecule has 0 radical (unpaired) electrons. The number of hydrogen-bond donors (Lipinski definition) is 1. The highest BCUT2D eigenvalue weighted by Crippen LogP contribution is 2.16. The van der Waals surface area contributed by atoms with Crippen LogP contribution in [-0.2, 0) is 14.3 Å². The molecule has 2 heterocycles. The Balaban J connectivity index is 1.68. The molecule has 116 valence electrons. The second-order valence-corrected chi connectivity index (χ2v) is 5.50. The molecule has 0 spiro atoms. The number of rotatable bonds is 6. The number of aliphatic hydroxyl groups excluding tert-OH is 1. The third-order valence-corrected chi connectivity index (χ3v) is 3.95. The van der Waals surface area contributed by atoms with E-state index in [2.05, 4.69) is 4.90 Å². The van der Waals surface area contributed by atoms with E-state index in [4.69, 9.17) is 9.47 Å². The van der Waals surface area contributed by atoms with Crippen LogP contribution in [0, 0.1) is 5.92 Å². The predicted octanol–water partition coefficient (Wildman–Crippen LogP) is -0.435. The van der Waals surface area contributed by atoms with Crippen molar-refractivity contribution >= 4 is 5.91 Å². The molecule has 2 fully saturated rings. The Morgan fingerprint density at radius 3 is 2.75 bits per heavy atom.